The topological polar surface area (TPSA) is 35.5 Å². The van der Waals surface area contributed by atoms with E-state index in [1.165, 1.54) is 84.8 Å². The minimum atomic E-state index is -2.76. The molecule has 0 fully saturated rings. The molecule has 21 heavy (non-hydrogen) atoms. The lowest BCUT2D eigenvalue weighted by molar-refractivity contribution is 0.275. The minimum absolute atomic E-state index is 0.553. The molecule has 0 amide bonds. The molecule has 128 valence electrons. The van der Waals surface area contributed by atoms with E-state index in [4.69, 9.17) is 9.05 Å². The molecule has 0 radical (unpaired) electrons. The van der Waals surface area contributed by atoms with Gasteiger partial charge >= 0.3 is 7.60 Å². The Kier molecular flexibility index (Phi) is 15.2. The van der Waals surface area contributed by atoms with Gasteiger partial charge in [0.25, 0.3) is 0 Å². The predicted molar refractivity (Wildman–Crippen MR) is 92.2 cm³/mol. The van der Waals surface area contributed by atoms with Crippen LogP contribution >= 0.6 is 7.60 Å². The maximum atomic E-state index is 11.8. The van der Waals surface area contributed by atoms with Crippen LogP contribution in [-0.4, -0.2) is 20.4 Å². The second-order valence-electron chi connectivity index (χ2n) is 5.94. The largest absolute Gasteiger partial charge is 0.330 e. The third kappa shape index (κ3) is 13.5. The fraction of sp³-hybridized carbons (Fsp3) is 1.00. The van der Waals surface area contributed by atoms with Crippen LogP contribution in [0.3, 0.4) is 0 Å². The van der Waals surface area contributed by atoms with E-state index in [1.807, 2.05) is 0 Å². The van der Waals surface area contributed by atoms with Gasteiger partial charge in [0, 0.05) is 14.2 Å². The molecule has 0 aliphatic carbocycles. The molecule has 0 aromatic heterocycles. The van der Waals surface area contributed by atoms with E-state index in [-0.39, 0.29) is 0 Å². The van der Waals surface area contributed by atoms with Crippen LogP contribution in [0.5, 0.6) is 0 Å². The molecule has 0 aliphatic rings. The van der Waals surface area contributed by atoms with Crippen LogP contribution in [-0.2, 0) is 13.6 Å². The van der Waals surface area contributed by atoms with Crippen molar-refractivity contribution in [3.8, 4) is 0 Å². The first-order valence-electron chi connectivity index (χ1n) is 8.89. The normalized spacial score (nSPS) is 12.0. The zero-order chi connectivity index (χ0) is 15.8. The number of unbranched alkanes of at least 4 members (excludes halogenated alkanes) is 12. The van der Waals surface area contributed by atoms with Crippen molar-refractivity contribution in [2.24, 2.45) is 0 Å². The van der Waals surface area contributed by atoms with E-state index in [1.54, 1.807) is 0 Å². The van der Waals surface area contributed by atoms with E-state index in [9.17, 15) is 4.57 Å². The zero-order valence-corrected chi connectivity index (χ0v) is 15.5. The Labute approximate surface area is 132 Å². The lowest BCUT2D eigenvalue weighted by Gasteiger charge is -2.12. The van der Waals surface area contributed by atoms with Crippen LogP contribution in [0.1, 0.15) is 90.4 Å². The molecule has 0 aromatic carbocycles. The SMILES string of the molecule is CCCCCCCCCCCCCCCP(=O)(OC)OC. The third-order valence-corrected chi connectivity index (χ3v) is 6.07. The maximum Gasteiger partial charge on any atom is 0.330 e. The van der Waals surface area contributed by atoms with Crippen molar-refractivity contribution in [2.45, 2.75) is 90.4 Å². The Balaban J connectivity index is 3.17. The van der Waals surface area contributed by atoms with Gasteiger partial charge in [-0.3, -0.25) is 4.57 Å². The Bertz CT molecular complexity index is 248. The Morgan fingerprint density at radius 1 is 0.619 bits per heavy atom. The quantitative estimate of drug-likeness (QED) is 0.238. The average molecular weight is 320 g/mol. The molecular weight excluding hydrogens is 283 g/mol. The first-order valence-corrected chi connectivity index (χ1v) is 10.6. The van der Waals surface area contributed by atoms with Crippen LogP contribution in [0.25, 0.3) is 0 Å². The van der Waals surface area contributed by atoms with Gasteiger partial charge in [-0.05, 0) is 6.42 Å². The van der Waals surface area contributed by atoms with Gasteiger partial charge in [-0.1, -0.05) is 84.0 Å². The van der Waals surface area contributed by atoms with E-state index in [0.717, 1.165) is 12.8 Å². The Hall–Kier alpha value is 0.150. The first kappa shape index (κ1) is 21.1. The molecule has 0 bridgehead atoms. The maximum absolute atomic E-state index is 11.8. The molecule has 0 spiro atoms. The third-order valence-electron chi connectivity index (χ3n) is 4.09. The van der Waals surface area contributed by atoms with Crippen molar-refractivity contribution in [3.63, 3.8) is 0 Å². The van der Waals surface area contributed by atoms with E-state index in [2.05, 4.69) is 6.92 Å². The highest BCUT2D eigenvalue weighted by molar-refractivity contribution is 7.53. The van der Waals surface area contributed by atoms with Crippen molar-refractivity contribution < 1.29 is 13.6 Å². The minimum Gasteiger partial charge on any atom is -0.312 e. The highest BCUT2D eigenvalue weighted by Gasteiger charge is 2.19. The Morgan fingerprint density at radius 2 is 0.952 bits per heavy atom. The summed E-state index contributed by atoms with van der Waals surface area (Å²) in [7, 11) is 0.166. The van der Waals surface area contributed by atoms with Crippen molar-refractivity contribution in [2.75, 3.05) is 20.4 Å². The summed E-state index contributed by atoms with van der Waals surface area (Å²) in [5.41, 5.74) is 0. The zero-order valence-electron chi connectivity index (χ0n) is 14.6. The monoisotopic (exact) mass is 320 g/mol. The number of hydrogen-bond donors (Lipinski definition) is 0. The summed E-state index contributed by atoms with van der Waals surface area (Å²) in [5, 5.41) is 0. The van der Waals surface area contributed by atoms with Gasteiger partial charge in [0.15, 0.2) is 0 Å². The summed E-state index contributed by atoms with van der Waals surface area (Å²) in [6, 6.07) is 0. The van der Waals surface area contributed by atoms with Gasteiger partial charge in [-0.2, -0.15) is 0 Å². The fourth-order valence-electron chi connectivity index (χ4n) is 2.58. The highest BCUT2D eigenvalue weighted by Crippen LogP contribution is 2.47. The molecule has 0 saturated heterocycles. The molecule has 4 heteroatoms. The molecular formula is C17H37O3P. The molecule has 0 aliphatic heterocycles. The van der Waals surface area contributed by atoms with Gasteiger partial charge in [-0.15, -0.1) is 0 Å². The number of hydrogen-bond acceptors (Lipinski definition) is 3. The molecule has 0 atom stereocenters. The fourth-order valence-corrected chi connectivity index (χ4v) is 3.71. The summed E-state index contributed by atoms with van der Waals surface area (Å²) in [4.78, 5) is 0. The summed E-state index contributed by atoms with van der Waals surface area (Å²) < 4.78 is 21.7. The second kappa shape index (κ2) is 15.1. The predicted octanol–water partition coefficient (Wildman–Crippen LogP) is 6.56. The first-order chi connectivity index (χ1) is 10.2. The van der Waals surface area contributed by atoms with Crippen LogP contribution < -0.4 is 0 Å². The lowest BCUT2D eigenvalue weighted by atomic mass is 10.1. The van der Waals surface area contributed by atoms with Gasteiger partial charge in [0.05, 0.1) is 6.16 Å². The smallest absolute Gasteiger partial charge is 0.312 e. The Morgan fingerprint density at radius 3 is 1.29 bits per heavy atom. The molecule has 0 rings (SSSR count). The van der Waals surface area contributed by atoms with Gasteiger partial charge in [0.1, 0.15) is 0 Å². The summed E-state index contributed by atoms with van der Waals surface area (Å²) in [5.74, 6) is 0. The molecule has 0 N–H and O–H groups in total. The lowest BCUT2D eigenvalue weighted by Crippen LogP contribution is -1.94. The molecule has 3 nitrogen and oxygen atoms in total. The van der Waals surface area contributed by atoms with E-state index in [0.29, 0.717) is 6.16 Å². The van der Waals surface area contributed by atoms with E-state index >= 15 is 0 Å². The highest BCUT2D eigenvalue weighted by atomic mass is 31.2. The number of rotatable bonds is 16. The van der Waals surface area contributed by atoms with Gasteiger partial charge in [0.2, 0.25) is 0 Å². The molecule has 0 aromatic rings. The molecule has 0 saturated carbocycles. The van der Waals surface area contributed by atoms with Crippen LogP contribution in [0, 0.1) is 0 Å². The van der Waals surface area contributed by atoms with Crippen LogP contribution in [0.2, 0.25) is 0 Å². The van der Waals surface area contributed by atoms with Gasteiger partial charge < -0.3 is 9.05 Å². The average Bonchev–Trinajstić information content (AvgIpc) is 2.51. The van der Waals surface area contributed by atoms with Crippen molar-refractivity contribution >= 4 is 7.60 Å². The van der Waals surface area contributed by atoms with Gasteiger partial charge in [-0.25, -0.2) is 0 Å². The van der Waals surface area contributed by atoms with Crippen molar-refractivity contribution in [1.82, 2.24) is 0 Å². The van der Waals surface area contributed by atoms with Crippen molar-refractivity contribution in [1.29, 1.82) is 0 Å². The van der Waals surface area contributed by atoms with Crippen LogP contribution in [0.15, 0.2) is 0 Å². The summed E-state index contributed by atoms with van der Waals surface area (Å²) in [6.45, 7) is 2.27. The summed E-state index contributed by atoms with van der Waals surface area (Å²) >= 11 is 0. The summed E-state index contributed by atoms with van der Waals surface area (Å²) in [6.07, 6.45) is 17.7. The van der Waals surface area contributed by atoms with Crippen LogP contribution in [0.4, 0.5) is 0 Å². The molecule has 0 unspecified atom stereocenters. The van der Waals surface area contributed by atoms with Crippen molar-refractivity contribution in [3.05, 3.63) is 0 Å². The molecule has 0 heterocycles. The second-order valence-corrected chi connectivity index (χ2v) is 8.34. The standard InChI is InChI=1S/C17H37O3P/c1-4-5-6-7-8-9-10-11-12-13-14-15-16-17-21(18,19-2)20-3/h4-17H2,1-3H3. The van der Waals surface area contributed by atoms with E-state index < -0.39 is 7.60 Å².